The average molecular weight is 243 g/mol. The predicted octanol–water partition coefficient (Wildman–Crippen LogP) is 1.27. The van der Waals surface area contributed by atoms with Gasteiger partial charge in [-0.2, -0.15) is 0 Å². The molecule has 0 radical (unpaired) electrons. The van der Waals surface area contributed by atoms with Gasteiger partial charge in [0.1, 0.15) is 5.75 Å². The van der Waals surface area contributed by atoms with Crippen LogP contribution < -0.4 is 10.6 Å². The highest BCUT2D eigenvalue weighted by molar-refractivity contribution is 6.30. The maximum absolute atomic E-state index is 11.2. The summed E-state index contributed by atoms with van der Waals surface area (Å²) >= 11 is 5.80. The van der Waals surface area contributed by atoms with Gasteiger partial charge < -0.3 is 15.7 Å². The number of phenolic OH excluding ortho intramolecular Hbond substituents is 1. The van der Waals surface area contributed by atoms with Gasteiger partial charge in [-0.3, -0.25) is 4.79 Å². The number of halogens is 1. The molecule has 88 valence electrons. The van der Waals surface area contributed by atoms with E-state index in [1.165, 1.54) is 6.07 Å². The normalized spacial score (nSPS) is 12.2. The lowest BCUT2D eigenvalue weighted by molar-refractivity contribution is -0.122. The van der Waals surface area contributed by atoms with Gasteiger partial charge in [-0.05, 0) is 25.1 Å². The molecule has 0 fully saturated rings. The Kier molecular flexibility index (Phi) is 4.58. The van der Waals surface area contributed by atoms with Gasteiger partial charge in [0.25, 0.3) is 0 Å². The molecular weight excluding hydrogens is 228 g/mol. The molecule has 1 atom stereocenters. The maximum atomic E-state index is 11.2. The summed E-state index contributed by atoms with van der Waals surface area (Å²) in [6.07, 6.45) is 0. The lowest BCUT2D eigenvalue weighted by atomic mass is 10.2. The maximum Gasteiger partial charge on any atom is 0.236 e. The van der Waals surface area contributed by atoms with Gasteiger partial charge in [-0.15, -0.1) is 0 Å². The number of hydrogen-bond acceptors (Lipinski definition) is 3. The number of carbonyl (C=O) groups is 1. The number of hydrogen-bond donors (Lipinski definition) is 3. The molecule has 0 unspecified atom stereocenters. The zero-order chi connectivity index (χ0) is 12.1. The van der Waals surface area contributed by atoms with E-state index in [1.54, 1.807) is 26.1 Å². The molecule has 0 saturated carbocycles. The Balaban J connectivity index is 2.60. The number of likely N-dealkylation sites (N-methyl/N-ethyl adjacent to an activating group) is 1. The van der Waals surface area contributed by atoms with Crippen LogP contribution in [-0.4, -0.2) is 24.1 Å². The fourth-order valence-electron chi connectivity index (χ4n) is 1.27. The first-order chi connectivity index (χ1) is 7.54. The Morgan fingerprint density at radius 2 is 2.25 bits per heavy atom. The third-order valence-corrected chi connectivity index (χ3v) is 2.52. The molecular formula is C11H15ClN2O2. The molecule has 5 heteroatoms. The molecule has 0 bridgehead atoms. The minimum absolute atomic E-state index is 0.0958. The van der Waals surface area contributed by atoms with Crippen molar-refractivity contribution in [1.29, 1.82) is 0 Å². The molecule has 0 aromatic heterocycles. The molecule has 1 rings (SSSR count). The number of benzene rings is 1. The predicted molar refractivity (Wildman–Crippen MR) is 63.5 cm³/mol. The standard InChI is InChI=1S/C11H15ClN2O2/c1-7(11(16)13-2)14-6-8-5-9(12)3-4-10(8)15/h3-5,7,14-15H,6H2,1-2H3,(H,13,16)/t7-/m1/s1. The molecule has 0 heterocycles. The third kappa shape index (κ3) is 3.40. The number of phenols is 1. The number of nitrogens with one attached hydrogen (secondary N) is 2. The minimum Gasteiger partial charge on any atom is -0.508 e. The van der Waals surface area contributed by atoms with Gasteiger partial charge in [-0.1, -0.05) is 11.6 Å². The van der Waals surface area contributed by atoms with Gasteiger partial charge in [0.05, 0.1) is 6.04 Å². The van der Waals surface area contributed by atoms with E-state index in [0.29, 0.717) is 17.1 Å². The summed E-state index contributed by atoms with van der Waals surface area (Å²) in [6, 6.07) is 4.50. The van der Waals surface area contributed by atoms with E-state index < -0.39 is 0 Å². The van der Waals surface area contributed by atoms with E-state index in [-0.39, 0.29) is 17.7 Å². The van der Waals surface area contributed by atoms with Crippen LogP contribution in [0.2, 0.25) is 5.02 Å². The number of amides is 1. The van der Waals surface area contributed by atoms with Crippen molar-refractivity contribution in [3.63, 3.8) is 0 Å². The number of carbonyl (C=O) groups excluding carboxylic acids is 1. The van der Waals surface area contributed by atoms with Gasteiger partial charge in [0, 0.05) is 24.2 Å². The van der Waals surface area contributed by atoms with Crippen LogP contribution in [0, 0.1) is 0 Å². The quantitative estimate of drug-likeness (QED) is 0.745. The second-order valence-electron chi connectivity index (χ2n) is 3.49. The van der Waals surface area contributed by atoms with Crippen molar-refractivity contribution in [3.05, 3.63) is 28.8 Å². The van der Waals surface area contributed by atoms with E-state index in [1.807, 2.05) is 0 Å². The van der Waals surface area contributed by atoms with Crippen molar-refractivity contribution in [3.8, 4) is 5.75 Å². The molecule has 1 aromatic carbocycles. The van der Waals surface area contributed by atoms with Crippen molar-refractivity contribution in [1.82, 2.24) is 10.6 Å². The van der Waals surface area contributed by atoms with Gasteiger partial charge in [0.2, 0.25) is 5.91 Å². The molecule has 3 N–H and O–H groups in total. The SMILES string of the molecule is CNC(=O)[C@@H](C)NCc1cc(Cl)ccc1O. The fourth-order valence-corrected chi connectivity index (χ4v) is 1.46. The highest BCUT2D eigenvalue weighted by atomic mass is 35.5. The first kappa shape index (κ1) is 12.8. The number of rotatable bonds is 4. The van der Waals surface area contributed by atoms with Crippen LogP contribution in [0.25, 0.3) is 0 Å². The van der Waals surface area contributed by atoms with Crippen LogP contribution in [0.1, 0.15) is 12.5 Å². The molecule has 0 aliphatic rings. The largest absolute Gasteiger partial charge is 0.508 e. The van der Waals surface area contributed by atoms with E-state index in [4.69, 9.17) is 11.6 Å². The molecule has 16 heavy (non-hydrogen) atoms. The zero-order valence-electron chi connectivity index (χ0n) is 9.25. The highest BCUT2D eigenvalue weighted by Crippen LogP contribution is 2.21. The summed E-state index contributed by atoms with van der Waals surface area (Å²) in [5.41, 5.74) is 0.670. The Morgan fingerprint density at radius 1 is 1.56 bits per heavy atom. The van der Waals surface area contributed by atoms with Crippen LogP contribution in [-0.2, 0) is 11.3 Å². The molecule has 0 aliphatic carbocycles. The lowest BCUT2D eigenvalue weighted by Crippen LogP contribution is -2.40. The Bertz CT molecular complexity index is 382. The van der Waals surface area contributed by atoms with Crippen molar-refractivity contribution in [2.45, 2.75) is 19.5 Å². The van der Waals surface area contributed by atoms with E-state index >= 15 is 0 Å². The van der Waals surface area contributed by atoms with Crippen LogP contribution >= 0.6 is 11.6 Å². The minimum atomic E-state index is -0.316. The van der Waals surface area contributed by atoms with Crippen LogP contribution in [0.3, 0.4) is 0 Å². The molecule has 1 aromatic rings. The summed E-state index contributed by atoms with van der Waals surface area (Å²) in [7, 11) is 1.58. The summed E-state index contributed by atoms with van der Waals surface area (Å²) in [6.45, 7) is 2.14. The summed E-state index contributed by atoms with van der Waals surface area (Å²) in [5.74, 6) is 0.0718. The van der Waals surface area contributed by atoms with Crippen LogP contribution in [0.4, 0.5) is 0 Å². The third-order valence-electron chi connectivity index (χ3n) is 2.28. The highest BCUT2D eigenvalue weighted by Gasteiger charge is 2.10. The van der Waals surface area contributed by atoms with Crippen LogP contribution in [0.5, 0.6) is 5.75 Å². The molecule has 0 aliphatic heterocycles. The second kappa shape index (κ2) is 5.72. The van der Waals surface area contributed by atoms with E-state index in [2.05, 4.69) is 10.6 Å². The monoisotopic (exact) mass is 242 g/mol. The Labute approximate surface area is 99.6 Å². The topological polar surface area (TPSA) is 61.4 Å². The summed E-state index contributed by atoms with van der Waals surface area (Å²) in [5, 5.41) is 15.6. The van der Waals surface area contributed by atoms with E-state index in [0.717, 1.165) is 0 Å². The summed E-state index contributed by atoms with van der Waals surface area (Å²) in [4.78, 5) is 11.2. The van der Waals surface area contributed by atoms with Crippen molar-refractivity contribution >= 4 is 17.5 Å². The second-order valence-corrected chi connectivity index (χ2v) is 3.93. The summed E-state index contributed by atoms with van der Waals surface area (Å²) < 4.78 is 0. The first-order valence-corrected chi connectivity index (χ1v) is 5.34. The number of aromatic hydroxyl groups is 1. The first-order valence-electron chi connectivity index (χ1n) is 4.97. The molecule has 0 saturated heterocycles. The van der Waals surface area contributed by atoms with Crippen LogP contribution in [0.15, 0.2) is 18.2 Å². The molecule has 4 nitrogen and oxygen atoms in total. The van der Waals surface area contributed by atoms with E-state index in [9.17, 15) is 9.90 Å². The molecule has 1 amide bonds. The fraction of sp³-hybridized carbons (Fsp3) is 0.364. The van der Waals surface area contributed by atoms with Crippen molar-refractivity contribution < 1.29 is 9.90 Å². The Morgan fingerprint density at radius 3 is 2.88 bits per heavy atom. The van der Waals surface area contributed by atoms with Gasteiger partial charge in [-0.25, -0.2) is 0 Å². The van der Waals surface area contributed by atoms with Crippen molar-refractivity contribution in [2.24, 2.45) is 0 Å². The zero-order valence-corrected chi connectivity index (χ0v) is 10.0. The molecule has 0 spiro atoms. The van der Waals surface area contributed by atoms with Gasteiger partial charge >= 0.3 is 0 Å². The van der Waals surface area contributed by atoms with Gasteiger partial charge in [0.15, 0.2) is 0 Å². The average Bonchev–Trinajstić information content (AvgIpc) is 2.28. The Hall–Kier alpha value is -1.26. The van der Waals surface area contributed by atoms with Crippen molar-refractivity contribution in [2.75, 3.05) is 7.05 Å². The lowest BCUT2D eigenvalue weighted by Gasteiger charge is -2.13. The smallest absolute Gasteiger partial charge is 0.236 e.